The molecule has 1 aromatic rings. The number of hydrogen-bond donors (Lipinski definition) is 1. The fourth-order valence-corrected chi connectivity index (χ4v) is 2.09. The minimum absolute atomic E-state index is 0.0978. The van der Waals surface area contributed by atoms with Crippen LogP contribution >= 0.6 is 11.6 Å². The van der Waals surface area contributed by atoms with E-state index in [9.17, 15) is 4.79 Å². The van der Waals surface area contributed by atoms with Gasteiger partial charge in [-0.05, 0) is 37.5 Å². The average molecular weight is 254 g/mol. The Kier molecular flexibility index (Phi) is 3.57. The van der Waals surface area contributed by atoms with Crippen LogP contribution in [0.5, 0.6) is 5.75 Å². The number of carbonyl (C=O) groups excluding carboxylic acids is 1. The number of aryl methyl sites for hydroxylation is 1. The van der Waals surface area contributed by atoms with Gasteiger partial charge in [0, 0.05) is 11.6 Å². The van der Waals surface area contributed by atoms with E-state index in [1.807, 2.05) is 13.0 Å². The van der Waals surface area contributed by atoms with Crippen molar-refractivity contribution in [2.24, 2.45) is 5.92 Å². The van der Waals surface area contributed by atoms with Crippen LogP contribution in [0, 0.1) is 12.8 Å². The summed E-state index contributed by atoms with van der Waals surface area (Å²) in [6, 6.07) is 3.57. The number of hydrogen-bond acceptors (Lipinski definition) is 2. The standard InChI is InChI=1S/C13H16ClNO2/c1-8-6-12(17-2)10(14)7-11(8)15-13(16)9-4-3-5-9/h6-7,9H,3-5H2,1-2H3,(H,15,16). The predicted octanol–water partition coefficient (Wildman–Crippen LogP) is 3.40. The summed E-state index contributed by atoms with van der Waals surface area (Å²) < 4.78 is 5.12. The van der Waals surface area contributed by atoms with Gasteiger partial charge in [-0.1, -0.05) is 18.0 Å². The third-order valence-electron chi connectivity index (χ3n) is 3.23. The molecule has 0 radical (unpaired) electrons. The topological polar surface area (TPSA) is 38.3 Å². The van der Waals surface area contributed by atoms with Crippen LogP contribution in [0.2, 0.25) is 5.02 Å². The van der Waals surface area contributed by atoms with Gasteiger partial charge in [0.2, 0.25) is 5.91 Å². The molecule has 4 heteroatoms. The lowest BCUT2D eigenvalue weighted by Crippen LogP contribution is -2.28. The molecule has 1 aromatic carbocycles. The molecule has 0 aromatic heterocycles. The SMILES string of the molecule is COc1cc(C)c(NC(=O)C2CCC2)cc1Cl. The fraction of sp³-hybridized carbons (Fsp3) is 0.462. The van der Waals surface area contributed by atoms with E-state index in [1.165, 1.54) is 0 Å². The van der Waals surface area contributed by atoms with E-state index >= 15 is 0 Å². The Hall–Kier alpha value is -1.22. The Morgan fingerprint density at radius 3 is 2.71 bits per heavy atom. The maximum absolute atomic E-state index is 11.8. The normalized spacial score (nSPS) is 15.2. The molecule has 1 aliphatic carbocycles. The molecular formula is C13H16ClNO2. The van der Waals surface area contributed by atoms with Crippen LogP contribution in [0.1, 0.15) is 24.8 Å². The second-order valence-electron chi connectivity index (χ2n) is 4.42. The van der Waals surface area contributed by atoms with Crippen LogP contribution in [0.3, 0.4) is 0 Å². The fourth-order valence-electron chi connectivity index (χ4n) is 1.85. The van der Waals surface area contributed by atoms with Crippen molar-refractivity contribution in [2.45, 2.75) is 26.2 Å². The van der Waals surface area contributed by atoms with E-state index < -0.39 is 0 Å². The number of anilines is 1. The summed E-state index contributed by atoms with van der Waals surface area (Å²) in [6.07, 6.45) is 3.14. The van der Waals surface area contributed by atoms with Crippen LogP contribution in [0.25, 0.3) is 0 Å². The lowest BCUT2D eigenvalue weighted by atomic mass is 9.85. The summed E-state index contributed by atoms with van der Waals surface area (Å²) >= 11 is 6.04. The zero-order valence-corrected chi connectivity index (χ0v) is 10.8. The highest BCUT2D eigenvalue weighted by molar-refractivity contribution is 6.32. The van der Waals surface area contributed by atoms with Crippen molar-refractivity contribution < 1.29 is 9.53 Å². The Labute approximate surface area is 106 Å². The predicted molar refractivity (Wildman–Crippen MR) is 68.7 cm³/mol. The Balaban J connectivity index is 2.15. The smallest absolute Gasteiger partial charge is 0.227 e. The summed E-state index contributed by atoms with van der Waals surface area (Å²) in [5.74, 6) is 0.904. The average Bonchev–Trinajstić information content (AvgIpc) is 2.20. The van der Waals surface area contributed by atoms with Crippen LogP contribution in [-0.4, -0.2) is 13.0 Å². The molecule has 92 valence electrons. The van der Waals surface area contributed by atoms with Gasteiger partial charge in [0.25, 0.3) is 0 Å². The highest BCUT2D eigenvalue weighted by Crippen LogP contribution is 2.32. The molecule has 0 spiro atoms. The number of rotatable bonds is 3. The Morgan fingerprint density at radius 1 is 1.47 bits per heavy atom. The van der Waals surface area contributed by atoms with Gasteiger partial charge in [-0.3, -0.25) is 4.79 Å². The molecule has 0 heterocycles. The molecule has 1 saturated carbocycles. The van der Waals surface area contributed by atoms with E-state index in [2.05, 4.69) is 5.32 Å². The van der Waals surface area contributed by atoms with Gasteiger partial charge >= 0.3 is 0 Å². The lowest BCUT2D eigenvalue weighted by molar-refractivity contribution is -0.122. The highest BCUT2D eigenvalue weighted by Gasteiger charge is 2.25. The summed E-state index contributed by atoms with van der Waals surface area (Å²) in [6.45, 7) is 1.93. The number of methoxy groups -OCH3 is 1. The van der Waals surface area contributed by atoms with Gasteiger partial charge in [-0.15, -0.1) is 0 Å². The monoisotopic (exact) mass is 253 g/mol. The Morgan fingerprint density at radius 2 is 2.18 bits per heavy atom. The van der Waals surface area contributed by atoms with Gasteiger partial charge in [0.05, 0.1) is 12.1 Å². The molecule has 1 fully saturated rings. The molecular weight excluding hydrogens is 238 g/mol. The number of benzene rings is 1. The van der Waals surface area contributed by atoms with Crippen molar-refractivity contribution in [1.82, 2.24) is 0 Å². The highest BCUT2D eigenvalue weighted by atomic mass is 35.5. The molecule has 1 amide bonds. The van der Waals surface area contributed by atoms with Crippen molar-refractivity contribution in [3.05, 3.63) is 22.7 Å². The minimum Gasteiger partial charge on any atom is -0.495 e. The van der Waals surface area contributed by atoms with Crippen LogP contribution in [0.15, 0.2) is 12.1 Å². The number of carbonyl (C=O) groups is 1. The summed E-state index contributed by atoms with van der Waals surface area (Å²) in [7, 11) is 1.58. The third-order valence-corrected chi connectivity index (χ3v) is 3.53. The van der Waals surface area contributed by atoms with Gasteiger partial charge in [0.1, 0.15) is 5.75 Å². The van der Waals surface area contributed by atoms with Gasteiger partial charge in [-0.2, -0.15) is 0 Å². The van der Waals surface area contributed by atoms with Crippen molar-refractivity contribution in [1.29, 1.82) is 0 Å². The zero-order chi connectivity index (χ0) is 12.4. The molecule has 17 heavy (non-hydrogen) atoms. The molecule has 1 aliphatic rings. The van der Waals surface area contributed by atoms with Crippen molar-refractivity contribution in [2.75, 3.05) is 12.4 Å². The van der Waals surface area contributed by atoms with Gasteiger partial charge in [0.15, 0.2) is 0 Å². The first-order valence-corrected chi connectivity index (χ1v) is 6.14. The first-order chi connectivity index (χ1) is 8.11. The number of halogens is 1. The molecule has 0 saturated heterocycles. The number of nitrogens with one attached hydrogen (secondary N) is 1. The molecule has 0 bridgehead atoms. The van der Waals surface area contributed by atoms with E-state index in [1.54, 1.807) is 13.2 Å². The minimum atomic E-state index is 0.0978. The molecule has 1 N–H and O–H groups in total. The first kappa shape index (κ1) is 12.2. The maximum atomic E-state index is 11.8. The summed E-state index contributed by atoms with van der Waals surface area (Å²) in [5, 5.41) is 3.44. The van der Waals surface area contributed by atoms with Crippen molar-refractivity contribution in [3.63, 3.8) is 0 Å². The third kappa shape index (κ3) is 2.55. The molecule has 0 unspecified atom stereocenters. The first-order valence-electron chi connectivity index (χ1n) is 5.77. The lowest BCUT2D eigenvalue weighted by Gasteiger charge is -2.24. The zero-order valence-electron chi connectivity index (χ0n) is 10.0. The number of amides is 1. The van der Waals surface area contributed by atoms with E-state index in [-0.39, 0.29) is 11.8 Å². The number of ether oxygens (including phenoxy) is 1. The van der Waals surface area contributed by atoms with Gasteiger partial charge in [-0.25, -0.2) is 0 Å². The molecule has 0 aliphatic heterocycles. The largest absolute Gasteiger partial charge is 0.495 e. The summed E-state index contributed by atoms with van der Waals surface area (Å²) in [4.78, 5) is 11.8. The van der Waals surface area contributed by atoms with E-state index in [0.29, 0.717) is 10.8 Å². The van der Waals surface area contributed by atoms with Crippen molar-refractivity contribution >= 4 is 23.2 Å². The van der Waals surface area contributed by atoms with Crippen LogP contribution < -0.4 is 10.1 Å². The van der Waals surface area contributed by atoms with E-state index in [0.717, 1.165) is 30.5 Å². The molecule has 0 atom stereocenters. The molecule has 2 rings (SSSR count). The Bertz CT molecular complexity index is 441. The quantitative estimate of drug-likeness (QED) is 0.897. The van der Waals surface area contributed by atoms with Crippen molar-refractivity contribution in [3.8, 4) is 5.75 Å². The van der Waals surface area contributed by atoms with Crippen LogP contribution in [-0.2, 0) is 4.79 Å². The maximum Gasteiger partial charge on any atom is 0.227 e. The second kappa shape index (κ2) is 4.96. The summed E-state index contributed by atoms with van der Waals surface area (Å²) in [5.41, 5.74) is 1.73. The van der Waals surface area contributed by atoms with Crippen LogP contribution in [0.4, 0.5) is 5.69 Å². The van der Waals surface area contributed by atoms with Gasteiger partial charge < -0.3 is 10.1 Å². The molecule has 3 nitrogen and oxygen atoms in total. The van der Waals surface area contributed by atoms with E-state index in [4.69, 9.17) is 16.3 Å². The second-order valence-corrected chi connectivity index (χ2v) is 4.83.